The number of halogens is 2. The molecule has 1 aliphatic heterocycles. The summed E-state index contributed by atoms with van der Waals surface area (Å²) >= 11 is 12.4. The molecule has 2 aromatic rings. The predicted octanol–water partition coefficient (Wildman–Crippen LogP) is 4.86. The third-order valence-electron chi connectivity index (χ3n) is 5.22. The van der Waals surface area contributed by atoms with E-state index in [1.54, 1.807) is 24.3 Å². The second-order valence-corrected chi connectivity index (χ2v) is 8.19. The van der Waals surface area contributed by atoms with E-state index in [0.29, 0.717) is 17.9 Å². The number of hydrogen-bond donors (Lipinski definition) is 1. The molecule has 9 heteroatoms. The number of rotatable bonds is 9. The largest absolute Gasteiger partial charge is 0.507 e. The molecule has 0 radical (unpaired) electrons. The van der Waals surface area contributed by atoms with Gasteiger partial charge in [-0.2, -0.15) is 0 Å². The van der Waals surface area contributed by atoms with Gasteiger partial charge in [-0.1, -0.05) is 42.3 Å². The van der Waals surface area contributed by atoms with Gasteiger partial charge in [-0.05, 0) is 36.2 Å². The number of benzene rings is 2. The van der Waals surface area contributed by atoms with Crippen molar-refractivity contribution in [3.05, 3.63) is 63.1 Å². The number of aliphatic hydroxyl groups excluding tert-OH is 1. The fourth-order valence-corrected chi connectivity index (χ4v) is 4.30. The molecule has 33 heavy (non-hydrogen) atoms. The number of nitrogens with zero attached hydrogens (tertiary/aromatic N) is 1. The van der Waals surface area contributed by atoms with Crippen LogP contribution in [0.5, 0.6) is 11.5 Å². The first-order chi connectivity index (χ1) is 15.8. The third-order valence-corrected chi connectivity index (χ3v) is 5.78. The summed E-state index contributed by atoms with van der Waals surface area (Å²) in [7, 11) is 2.93. The van der Waals surface area contributed by atoms with E-state index in [0.717, 1.165) is 6.42 Å². The Morgan fingerprint density at radius 2 is 1.70 bits per heavy atom. The molecule has 1 saturated heterocycles. The van der Waals surface area contributed by atoms with Crippen molar-refractivity contribution in [1.82, 2.24) is 4.90 Å². The second kappa shape index (κ2) is 10.9. The molecule has 1 atom stereocenters. The van der Waals surface area contributed by atoms with E-state index < -0.39 is 17.7 Å². The molecular weight excluding hydrogens is 469 g/mol. The first-order valence-electron chi connectivity index (χ1n) is 10.4. The maximum atomic E-state index is 13.0. The van der Waals surface area contributed by atoms with Crippen LogP contribution < -0.4 is 9.47 Å². The summed E-state index contributed by atoms with van der Waals surface area (Å²) in [5.74, 6) is -0.993. The smallest absolute Gasteiger partial charge is 0.295 e. The quantitative estimate of drug-likeness (QED) is 0.305. The molecule has 0 aromatic heterocycles. The van der Waals surface area contributed by atoms with Crippen LogP contribution in [0.25, 0.3) is 5.76 Å². The average molecular weight is 494 g/mol. The fourth-order valence-electron chi connectivity index (χ4n) is 3.66. The highest BCUT2D eigenvalue weighted by atomic mass is 35.5. The molecule has 1 heterocycles. The van der Waals surface area contributed by atoms with E-state index in [1.807, 2.05) is 6.92 Å². The first kappa shape index (κ1) is 24.9. The van der Waals surface area contributed by atoms with E-state index in [-0.39, 0.29) is 45.8 Å². The topological polar surface area (TPSA) is 85.3 Å². The Balaban J connectivity index is 2.12. The number of ketones is 1. The van der Waals surface area contributed by atoms with Crippen LogP contribution in [0.4, 0.5) is 0 Å². The lowest BCUT2D eigenvalue weighted by molar-refractivity contribution is -0.140. The minimum atomic E-state index is -0.819. The Bertz CT molecular complexity index is 1040. The average Bonchev–Trinajstić information content (AvgIpc) is 3.05. The van der Waals surface area contributed by atoms with Crippen LogP contribution in [-0.4, -0.2) is 55.7 Å². The van der Waals surface area contributed by atoms with Crippen LogP contribution in [0.15, 0.2) is 42.0 Å². The normalized spacial score (nSPS) is 17.5. The van der Waals surface area contributed by atoms with Gasteiger partial charge in [-0.15, -0.1) is 0 Å². The number of amides is 1. The molecule has 176 valence electrons. The van der Waals surface area contributed by atoms with Crippen molar-refractivity contribution in [2.45, 2.75) is 19.4 Å². The predicted molar refractivity (Wildman–Crippen MR) is 126 cm³/mol. The highest BCUT2D eigenvalue weighted by Gasteiger charge is 2.46. The summed E-state index contributed by atoms with van der Waals surface area (Å²) < 4.78 is 15.9. The lowest BCUT2D eigenvalue weighted by atomic mass is 9.95. The number of aliphatic hydroxyl groups is 1. The number of likely N-dealkylation sites (tertiary alicyclic amines) is 1. The number of methoxy groups -OCH3 is 2. The summed E-state index contributed by atoms with van der Waals surface area (Å²) in [5, 5.41) is 11.5. The van der Waals surface area contributed by atoms with Crippen LogP contribution in [0.2, 0.25) is 10.0 Å². The zero-order chi connectivity index (χ0) is 24.1. The summed E-state index contributed by atoms with van der Waals surface area (Å²) in [6.07, 6.45) is 0.867. The van der Waals surface area contributed by atoms with Crippen LogP contribution in [0.3, 0.4) is 0 Å². The Morgan fingerprint density at radius 1 is 1.06 bits per heavy atom. The van der Waals surface area contributed by atoms with Gasteiger partial charge < -0.3 is 24.2 Å². The molecule has 0 spiro atoms. The highest BCUT2D eigenvalue weighted by molar-refractivity contribution is 6.46. The monoisotopic (exact) mass is 493 g/mol. The van der Waals surface area contributed by atoms with Crippen molar-refractivity contribution in [1.29, 1.82) is 0 Å². The van der Waals surface area contributed by atoms with E-state index in [1.165, 1.54) is 31.3 Å². The van der Waals surface area contributed by atoms with Crippen molar-refractivity contribution < 1.29 is 28.9 Å². The molecule has 1 amide bonds. The number of ether oxygens (including phenoxy) is 3. The Morgan fingerprint density at radius 3 is 2.24 bits per heavy atom. The molecule has 0 saturated carbocycles. The molecule has 0 aliphatic carbocycles. The van der Waals surface area contributed by atoms with Gasteiger partial charge >= 0.3 is 0 Å². The van der Waals surface area contributed by atoms with Crippen LogP contribution in [0.1, 0.15) is 30.5 Å². The van der Waals surface area contributed by atoms with Crippen LogP contribution in [0, 0.1) is 0 Å². The summed E-state index contributed by atoms with van der Waals surface area (Å²) in [6.45, 7) is 2.97. The van der Waals surface area contributed by atoms with Gasteiger partial charge in [0.15, 0.2) is 5.75 Å². The van der Waals surface area contributed by atoms with Crippen LogP contribution in [-0.2, 0) is 14.3 Å². The van der Waals surface area contributed by atoms with Crippen molar-refractivity contribution in [3.8, 4) is 11.5 Å². The number of hydrogen-bond acceptors (Lipinski definition) is 6. The molecule has 2 aromatic carbocycles. The highest BCUT2D eigenvalue weighted by Crippen LogP contribution is 2.42. The summed E-state index contributed by atoms with van der Waals surface area (Å²) in [6, 6.07) is 9.11. The molecule has 3 rings (SSSR count). The number of carbonyl (C=O) groups excluding carboxylic acids is 2. The fraction of sp³-hybridized carbons (Fsp3) is 0.333. The molecule has 1 aliphatic rings. The maximum absolute atomic E-state index is 13.0. The summed E-state index contributed by atoms with van der Waals surface area (Å²) in [4.78, 5) is 27.3. The van der Waals surface area contributed by atoms with Crippen molar-refractivity contribution in [3.63, 3.8) is 0 Å². The van der Waals surface area contributed by atoms with Crippen LogP contribution >= 0.6 is 23.2 Å². The number of carbonyl (C=O) groups is 2. The summed E-state index contributed by atoms with van der Waals surface area (Å²) in [5.41, 5.74) is 0.778. The number of Topliss-reactive ketones (excluding diaryl/α,β-unsaturated/α-hetero) is 1. The van der Waals surface area contributed by atoms with Gasteiger partial charge in [0.25, 0.3) is 11.7 Å². The van der Waals surface area contributed by atoms with Gasteiger partial charge in [0.05, 0.1) is 42.0 Å². The molecule has 1 N–H and O–H groups in total. The van der Waals surface area contributed by atoms with E-state index in [2.05, 4.69) is 0 Å². The van der Waals surface area contributed by atoms with E-state index in [9.17, 15) is 14.7 Å². The van der Waals surface area contributed by atoms with Gasteiger partial charge in [-0.25, -0.2) is 0 Å². The molecule has 0 bridgehead atoms. The lowest BCUT2D eigenvalue weighted by Gasteiger charge is -2.25. The third kappa shape index (κ3) is 5.11. The van der Waals surface area contributed by atoms with E-state index in [4.69, 9.17) is 37.4 Å². The van der Waals surface area contributed by atoms with Gasteiger partial charge in [0.1, 0.15) is 11.5 Å². The first-order valence-corrected chi connectivity index (χ1v) is 11.1. The molecule has 1 unspecified atom stereocenters. The second-order valence-electron chi connectivity index (χ2n) is 7.38. The lowest BCUT2D eigenvalue weighted by Crippen LogP contribution is -2.32. The minimum absolute atomic E-state index is 0.0596. The Kier molecular flexibility index (Phi) is 8.24. The van der Waals surface area contributed by atoms with Crippen molar-refractivity contribution >= 4 is 40.7 Å². The van der Waals surface area contributed by atoms with Crippen molar-refractivity contribution in [2.24, 2.45) is 0 Å². The Hall–Kier alpha value is -2.74. The van der Waals surface area contributed by atoms with Gasteiger partial charge in [0, 0.05) is 19.2 Å². The van der Waals surface area contributed by atoms with Gasteiger partial charge in [0.2, 0.25) is 0 Å². The zero-order valence-corrected chi connectivity index (χ0v) is 20.1. The maximum Gasteiger partial charge on any atom is 0.295 e. The zero-order valence-electron chi connectivity index (χ0n) is 18.6. The van der Waals surface area contributed by atoms with E-state index >= 15 is 0 Å². The van der Waals surface area contributed by atoms with Gasteiger partial charge in [-0.3, -0.25) is 9.59 Å². The minimum Gasteiger partial charge on any atom is -0.507 e. The standard InChI is InChI=1S/C24H25Cl2NO6/c1-4-10-33-16-7-5-14(6-8-16)20-19(22(29)24(30)27(20)9-11-31-2)21(28)15-12-17(25)23(32-3)18(26)13-15/h5-8,12-13,20,28H,4,9-11H2,1-3H3/b21-19+. The molecular formula is C24H25Cl2NO6. The SMILES string of the molecule is CCCOc1ccc(C2/C(=C(\O)c3cc(Cl)c(OC)c(Cl)c3)C(=O)C(=O)N2CCOC)cc1. The Labute approximate surface area is 202 Å². The molecule has 7 nitrogen and oxygen atoms in total. The van der Waals surface area contributed by atoms with Crippen molar-refractivity contribution in [2.75, 3.05) is 34.0 Å². The molecule has 1 fully saturated rings.